The van der Waals surface area contributed by atoms with Gasteiger partial charge in [-0.05, 0) is 24.1 Å². The minimum Gasteiger partial charge on any atom is -0.211 e. The zero-order chi connectivity index (χ0) is 10.4. The van der Waals surface area contributed by atoms with Crippen molar-refractivity contribution in [1.29, 1.82) is 0 Å². The topological polar surface area (TPSA) is 58.9 Å². The molecule has 0 aliphatic rings. The fourth-order valence-electron chi connectivity index (χ4n) is 1.02. The van der Waals surface area contributed by atoms with E-state index in [4.69, 9.17) is 0 Å². The van der Waals surface area contributed by atoms with Crippen LogP contribution in [0.3, 0.4) is 0 Å². The lowest BCUT2D eigenvalue weighted by molar-refractivity contribution is 0.565. The summed E-state index contributed by atoms with van der Waals surface area (Å²) < 4.78 is 0. The summed E-state index contributed by atoms with van der Waals surface area (Å²) in [5.74, 6) is 0. The zero-order valence-corrected chi connectivity index (χ0v) is 7.57. The van der Waals surface area contributed by atoms with Crippen LogP contribution in [-0.4, -0.2) is 12.2 Å². The van der Waals surface area contributed by atoms with Gasteiger partial charge in [0.05, 0.1) is 11.4 Å². The van der Waals surface area contributed by atoms with Crippen molar-refractivity contribution in [2.24, 2.45) is 9.98 Å². The number of benzene rings is 1. The van der Waals surface area contributed by atoms with Crippen molar-refractivity contribution in [1.82, 2.24) is 0 Å². The van der Waals surface area contributed by atoms with Gasteiger partial charge in [0.25, 0.3) is 0 Å². The molecule has 1 rings (SSSR count). The second-order valence-electron chi connectivity index (χ2n) is 2.52. The number of nitrogens with zero attached hydrogens (tertiary/aromatic N) is 2. The van der Waals surface area contributed by atoms with E-state index in [9.17, 15) is 9.59 Å². The molecule has 4 heteroatoms. The van der Waals surface area contributed by atoms with Crippen LogP contribution in [0.15, 0.2) is 22.1 Å². The number of hydrogen-bond acceptors (Lipinski definition) is 4. The van der Waals surface area contributed by atoms with Crippen LogP contribution in [0, 0.1) is 6.07 Å². The molecule has 0 aromatic heterocycles. The molecule has 0 fully saturated rings. The van der Waals surface area contributed by atoms with Crippen LogP contribution >= 0.6 is 0 Å². The zero-order valence-electron chi connectivity index (χ0n) is 7.57. The third-order valence-corrected chi connectivity index (χ3v) is 1.64. The number of hydrogen-bond donors (Lipinski definition) is 0. The Morgan fingerprint density at radius 1 is 1.21 bits per heavy atom. The second-order valence-corrected chi connectivity index (χ2v) is 2.52. The first-order valence-electron chi connectivity index (χ1n) is 4.02. The molecule has 1 aromatic rings. The number of isocyanates is 2. The monoisotopic (exact) mass is 187 g/mol. The maximum Gasteiger partial charge on any atom is 0.240 e. The summed E-state index contributed by atoms with van der Waals surface area (Å²) in [7, 11) is 0. The van der Waals surface area contributed by atoms with Crippen molar-refractivity contribution in [2.45, 2.75) is 13.3 Å². The lowest BCUT2D eigenvalue weighted by atomic mass is 10.1. The Bertz CT molecular complexity index is 391. The Kier molecular flexibility index (Phi) is 3.50. The van der Waals surface area contributed by atoms with E-state index >= 15 is 0 Å². The highest BCUT2D eigenvalue weighted by molar-refractivity contribution is 5.59. The molecule has 0 saturated heterocycles. The van der Waals surface area contributed by atoms with Crippen molar-refractivity contribution in [2.75, 3.05) is 0 Å². The molecule has 0 aliphatic heterocycles. The van der Waals surface area contributed by atoms with Gasteiger partial charge in [0, 0.05) is 6.07 Å². The van der Waals surface area contributed by atoms with E-state index in [0.29, 0.717) is 11.4 Å². The fraction of sp³-hybridized carbons (Fsp3) is 0.200. The molecule has 14 heavy (non-hydrogen) atoms. The predicted octanol–water partition coefficient (Wildman–Crippen LogP) is 1.98. The van der Waals surface area contributed by atoms with E-state index in [2.05, 4.69) is 16.1 Å². The van der Waals surface area contributed by atoms with E-state index in [1.54, 1.807) is 12.1 Å². The number of carbonyl (C=O) groups excluding carboxylic acids is 2. The lowest BCUT2D eigenvalue weighted by Crippen LogP contribution is -1.79. The normalized spacial score (nSPS) is 8.64. The molecule has 1 radical (unpaired) electrons. The molecule has 0 aliphatic carbocycles. The summed E-state index contributed by atoms with van der Waals surface area (Å²) in [6.07, 6.45) is 3.58. The van der Waals surface area contributed by atoms with Crippen molar-refractivity contribution in [3.05, 3.63) is 23.8 Å². The van der Waals surface area contributed by atoms with E-state index in [1.165, 1.54) is 12.2 Å². The first-order valence-corrected chi connectivity index (χ1v) is 4.02. The van der Waals surface area contributed by atoms with Crippen LogP contribution in [0.4, 0.5) is 11.4 Å². The number of rotatable bonds is 3. The van der Waals surface area contributed by atoms with Crippen LogP contribution in [0.2, 0.25) is 0 Å². The first kappa shape index (κ1) is 10.1. The van der Waals surface area contributed by atoms with Gasteiger partial charge in [0.15, 0.2) is 0 Å². The molecule has 0 N–H and O–H groups in total. The smallest absolute Gasteiger partial charge is 0.211 e. The fourth-order valence-corrected chi connectivity index (χ4v) is 1.02. The van der Waals surface area contributed by atoms with Gasteiger partial charge >= 0.3 is 0 Å². The van der Waals surface area contributed by atoms with Gasteiger partial charge < -0.3 is 0 Å². The average molecular weight is 187 g/mol. The molecular formula is C10H7N2O2. The van der Waals surface area contributed by atoms with Crippen molar-refractivity contribution in [3.63, 3.8) is 0 Å². The highest BCUT2D eigenvalue weighted by atomic mass is 16.1. The van der Waals surface area contributed by atoms with Gasteiger partial charge in [-0.3, -0.25) is 0 Å². The molecule has 69 valence electrons. The third kappa shape index (κ3) is 2.49. The lowest BCUT2D eigenvalue weighted by Gasteiger charge is -1.98. The average Bonchev–Trinajstić information content (AvgIpc) is 2.18. The maximum atomic E-state index is 10.0. The summed E-state index contributed by atoms with van der Waals surface area (Å²) in [4.78, 5) is 26.9. The molecule has 0 heterocycles. The minimum atomic E-state index is 0.327. The van der Waals surface area contributed by atoms with Crippen molar-refractivity contribution < 1.29 is 9.59 Å². The van der Waals surface area contributed by atoms with Gasteiger partial charge in [-0.1, -0.05) is 6.92 Å². The van der Waals surface area contributed by atoms with Crippen LogP contribution in [0.1, 0.15) is 12.5 Å². The van der Waals surface area contributed by atoms with Gasteiger partial charge in [-0.2, -0.15) is 9.98 Å². The van der Waals surface area contributed by atoms with E-state index in [-0.39, 0.29) is 0 Å². The van der Waals surface area contributed by atoms with Crippen LogP contribution in [0.25, 0.3) is 0 Å². The first-order chi connectivity index (χ1) is 6.80. The van der Waals surface area contributed by atoms with Crippen molar-refractivity contribution in [3.8, 4) is 0 Å². The van der Waals surface area contributed by atoms with E-state index in [0.717, 1.165) is 12.0 Å². The van der Waals surface area contributed by atoms with Gasteiger partial charge in [0.2, 0.25) is 12.2 Å². The SMILES string of the molecule is CCc1cc(N=C=O)[c]c(N=C=O)c1. The summed E-state index contributed by atoms with van der Waals surface area (Å²) in [6, 6.07) is 6.04. The molecule has 1 aromatic carbocycles. The van der Waals surface area contributed by atoms with Gasteiger partial charge in [-0.15, -0.1) is 0 Å². The Morgan fingerprint density at radius 3 is 2.07 bits per heavy atom. The maximum absolute atomic E-state index is 10.0. The largest absolute Gasteiger partial charge is 0.240 e. The minimum absolute atomic E-state index is 0.327. The molecule has 4 nitrogen and oxygen atoms in total. The Hall–Kier alpha value is -2.02. The third-order valence-electron chi connectivity index (χ3n) is 1.64. The summed E-state index contributed by atoms with van der Waals surface area (Å²) in [5.41, 5.74) is 1.58. The van der Waals surface area contributed by atoms with E-state index < -0.39 is 0 Å². The van der Waals surface area contributed by atoms with Crippen LogP contribution < -0.4 is 0 Å². The molecule has 0 saturated carbocycles. The second kappa shape index (κ2) is 4.87. The van der Waals surface area contributed by atoms with Crippen LogP contribution in [0.5, 0.6) is 0 Å². The quantitative estimate of drug-likeness (QED) is 0.536. The molecular weight excluding hydrogens is 180 g/mol. The molecule has 0 spiro atoms. The van der Waals surface area contributed by atoms with Gasteiger partial charge in [0.1, 0.15) is 0 Å². The molecule has 0 amide bonds. The predicted molar refractivity (Wildman–Crippen MR) is 50.2 cm³/mol. The summed E-state index contributed by atoms with van der Waals surface area (Å²) in [5, 5.41) is 0. The Balaban J connectivity index is 3.25. The number of aliphatic imine (C=N–C) groups is 2. The summed E-state index contributed by atoms with van der Waals surface area (Å²) >= 11 is 0. The standard InChI is InChI=1S/C10H7N2O2/c1-2-8-3-9(11-6-13)5-10(4-8)12-7-14/h3-4H,2H2,1H3. The summed E-state index contributed by atoms with van der Waals surface area (Å²) in [6.45, 7) is 1.94. The Labute approximate surface area is 81.0 Å². The highest BCUT2D eigenvalue weighted by Crippen LogP contribution is 2.22. The molecule has 0 atom stereocenters. The van der Waals surface area contributed by atoms with Crippen molar-refractivity contribution >= 4 is 23.5 Å². The Morgan fingerprint density at radius 2 is 1.71 bits per heavy atom. The molecule has 0 unspecified atom stereocenters. The van der Waals surface area contributed by atoms with Gasteiger partial charge in [-0.25, -0.2) is 9.59 Å². The molecule has 0 bridgehead atoms. The van der Waals surface area contributed by atoms with Crippen LogP contribution in [-0.2, 0) is 16.0 Å². The number of aryl methyl sites for hydroxylation is 1. The highest BCUT2D eigenvalue weighted by Gasteiger charge is 1.98. The van der Waals surface area contributed by atoms with E-state index in [1.807, 2.05) is 6.92 Å².